The van der Waals surface area contributed by atoms with Gasteiger partial charge in [0.25, 0.3) is 0 Å². The summed E-state index contributed by atoms with van der Waals surface area (Å²) in [4.78, 5) is 23.0. The number of rotatable bonds is 3. The molecule has 2 fully saturated rings. The van der Waals surface area contributed by atoms with Gasteiger partial charge in [-0.2, -0.15) is 0 Å². The highest BCUT2D eigenvalue weighted by Crippen LogP contribution is 2.40. The molecule has 1 aliphatic heterocycles. The molecular formula is C11H16O4. The highest BCUT2D eigenvalue weighted by molar-refractivity contribution is 6.03. The van der Waals surface area contributed by atoms with E-state index in [-0.39, 0.29) is 18.8 Å². The van der Waals surface area contributed by atoms with Crippen LogP contribution in [-0.2, 0) is 14.3 Å². The van der Waals surface area contributed by atoms with E-state index in [1.54, 1.807) is 0 Å². The van der Waals surface area contributed by atoms with E-state index in [1.807, 2.05) is 0 Å². The molecule has 4 nitrogen and oxygen atoms in total. The third-order valence-corrected chi connectivity index (χ3v) is 3.63. The maximum absolute atomic E-state index is 11.8. The lowest BCUT2D eigenvalue weighted by Crippen LogP contribution is -2.48. The lowest BCUT2D eigenvalue weighted by atomic mass is 9.69. The van der Waals surface area contributed by atoms with E-state index in [0.29, 0.717) is 18.9 Å². The van der Waals surface area contributed by atoms with Gasteiger partial charge in [-0.3, -0.25) is 9.59 Å². The number of carbonyl (C=O) groups is 2. The number of Topliss-reactive ketones (excluding diaryl/α,β-unsaturated/α-hetero) is 1. The predicted octanol–water partition coefficient (Wildman–Crippen LogP) is 1.24. The van der Waals surface area contributed by atoms with Crippen LogP contribution in [0, 0.1) is 11.3 Å². The van der Waals surface area contributed by atoms with Crippen LogP contribution < -0.4 is 0 Å². The standard InChI is InChI=1S/C11H16O4/c12-9-4-5-15-7-11(9,10(13)14)6-8-2-1-3-8/h8H,1-7H2,(H,13,14). The van der Waals surface area contributed by atoms with Crippen molar-refractivity contribution in [2.24, 2.45) is 11.3 Å². The Labute approximate surface area is 88.6 Å². The molecule has 1 unspecified atom stereocenters. The highest BCUT2D eigenvalue weighted by Gasteiger charge is 2.49. The normalized spacial score (nSPS) is 32.4. The number of hydrogen-bond donors (Lipinski definition) is 1. The number of carboxylic acid groups (broad SMARTS) is 1. The summed E-state index contributed by atoms with van der Waals surface area (Å²) < 4.78 is 5.18. The van der Waals surface area contributed by atoms with E-state index < -0.39 is 11.4 Å². The molecule has 0 aromatic heterocycles. The minimum Gasteiger partial charge on any atom is -0.480 e. The summed E-state index contributed by atoms with van der Waals surface area (Å²) in [6.07, 6.45) is 4.00. The fourth-order valence-electron chi connectivity index (χ4n) is 2.36. The average molecular weight is 212 g/mol. The number of carbonyl (C=O) groups excluding carboxylic acids is 1. The van der Waals surface area contributed by atoms with E-state index in [2.05, 4.69) is 0 Å². The smallest absolute Gasteiger partial charge is 0.319 e. The lowest BCUT2D eigenvalue weighted by molar-refractivity contribution is -0.166. The summed E-state index contributed by atoms with van der Waals surface area (Å²) in [5.41, 5.74) is -1.23. The third-order valence-electron chi connectivity index (χ3n) is 3.63. The molecule has 0 amide bonds. The maximum atomic E-state index is 11.8. The van der Waals surface area contributed by atoms with Crippen molar-refractivity contribution in [3.8, 4) is 0 Å². The number of hydrogen-bond acceptors (Lipinski definition) is 3. The molecule has 1 heterocycles. The van der Waals surface area contributed by atoms with Crippen molar-refractivity contribution in [2.45, 2.75) is 32.1 Å². The lowest BCUT2D eigenvalue weighted by Gasteiger charge is -2.37. The van der Waals surface area contributed by atoms with Crippen molar-refractivity contribution in [1.29, 1.82) is 0 Å². The van der Waals surface area contributed by atoms with Crippen molar-refractivity contribution in [1.82, 2.24) is 0 Å². The Morgan fingerprint density at radius 2 is 2.27 bits per heavy atom. The van der Waals surface area contributed by atoms with Crippen LogP contribution in [0.4, 0.5) is 0 Å². The second-order valence-corrected chi connectivity index (χ2v) is 4.61. The molecule has 15 heavy (non-hydrogen) atoms. The van der Waals surface area contributed by atoms with Crippen molar-refractivity contribution in [3.05, 3.63) is 0 Å². The Kier molecular flexibility index (Phi) is 2.78. The zero-order chi connectivity index (χ0) is 10.9. The minimum absolute atomic E-state index is 0.0671. The SMILES string of the molecule is O=C(O)C1(CC2CCC2)COCCC1=O. The van der Waals surface area contributed by atoms with E-state index in [4.69, 9.17) is 4.74 Å². The number of ether oxygens (including phenoxy) is 1. The van der Waals surface area contributed by atoms with Crippen molar-refractivity contribution in [2.75, 3.05) is 13.2 Å². The van der Waals surface area contributed by atoms with Crippen LogP contribution in [0.15, 0.2) is 0 Å². The van der Waals surface area contributed by atoms with E-state index in [0.717, 1.165) is 19.3 Å². The van der Waals surface area contributed by atoms with Gasteiger partial charge >= 0.3 is 5.97 Å². The first-order chi connectivity index (χ1) is 7.15. The average Bonchev–Trinajstić information content (AvgIpc) is 2.14. The van der Waals surface area contributed by atoms with Crippen LogP contribution >= 0.6 is 0 Å². The van der Waals surface area contributed by atoms with Gasteiger partial charge in [-0.15, -0.1) is 0 Å². The maximum Gasteiger partial charge on any atom is 0.319 e. The summed E-state index contributed by atoms with van der Waals surface area (Å²) in [6.45, 7) is 0.441. The van der Waals surface area contributed by atoms with Gasteiger partial charge in [0.1, 0.15) is 5.41 Å². The second-order valence-electron chi connectivity index (χ2n) is 4.61. The first-order valence-electron chi connectivity index (χ1n) is 5.49. The van der Waals surface area contributed by atoms with Crippen LogP contribution in [0.2, 0.25) is 0 Å². The summed E-state index contributed by atoms with van der Waals surface area (Å²) in [5.74, 6) is -0.737. The molecule has 1 atom stereocenters. The van der Waals surface area contributed by atoms with Crippen molar-refractivity contribution in [3.63, 3.8) is 0 Å². The largest absolute Gasteiger partial charge is 0.480 e. The van der Waals surface area contributed by atoms with Gasteiger partial charge in [0, 0.05) is 6.42 Å². The van der Waals surface area contributed by atoms with Gasteiger partial charge in [-0.1, -0.05) is 19.3 Å². The Morgan fingerprint density at radius 1 is 1.53 bits per heavy atom. The molecule has 1 saturated carbocycles. The molecular weight excluding hydrogens is 196 g/mol. The Bertz CT molecular complexity index is 282. The van der Waals surface area contributed by atoms with Crippen LogP contribution in [0.5, 0.6) is 0 Å². The molecule has 4 heteroatoms. The van der Waals surface area contributed by atoms with Crippen LogP contribution in [0.1, 0.15) is 32.1 Å². The second kappa shape index (κ2) is 3.93. The molecule has 0 spiro atoms. The molecule has 0 radical (unpaired) electrons. The van der Waals surface area contributed by atoms with Crippen LogP contribution in [0.25, 0.3) is 0 Å². The molecule has 0 aromatic carbocycles. The Hall–Kier alpha value is -0.900. The number of carboxylic acids is 1. The van der Waals surface area contributed by atoms with Crippen LogP contribution in [0.3, 0.4) is 0 Å². The quantitative estimate of drug-likeness (QED) is 0.715. The minimum atomic E-state index is -1.23. The molecule has 0 bridgehead atoms. The molecule has 1 saturated heterocycles. The van der Waals surface area contributed by atoms with Gasteiger partial charge in [0.2, 0.25) is 0 Å². The van der Waals surface area contributed by atoms with Gasteiger partial charge in [0.05, 0.1) is 13.2 Å². The van der Waals surface area contributed by atoms with Crippen molar-refractivity contribution < 1.29 is 19.4 Å². The van der Waals surface area contributed by atoms with Crippen molar-refractivity contribution >= 4 is 11.8 Å². The zero-order valence-electron chi connectivity index (χ0n) is 8.70. The fraction of sp³-hybridized carbons (Fsp3) is 0.818. The molecule has 1 N–H and O–H groups in total. The monoisotopic (exact) mass is 212 g/mol. The van der Waals surface area contributed by atoms with Gasteiger partial charge in [-0.25, -0.2) is 0 Å². The van der Waals surface area contributed by atoms with E-state index in [9.17, 15) is 14.7 Å². The van der Waals surface area contributed by atoms with E-state index >= 15 is 0 Å². The first kappa shape index (κ1) is 10.6. The topological polar surface area (TPSA) is 63.6 Å². The first-order valence-corrected chi connectivity index (χ1v) is 5.49. The highest BCUT2D eigenvalue weighted by atomic mass is 16.5. The number of ketones is 1. The van der Waals surface area contributed by atoms with Gasteiger partial charge < -0.3 is 9.84 Å². The summed E-state index contributed by atoms with van der Waals surface area (Å²) >= 11 is 0. The van der Waals surface area contributed by atoms with E-state index in [1.165, 1.54) is 0 Å². The Balaban J connectivity index is 2.13. The molecule has 2 aliphatic rings. The van der Waals surface area contributed by atoms with Gasteiger partial charge in [-0.05, 0) is 12.3 Å². The predicted molar refractivity (Wildman–Crippen MR) is 52.5 cm³/mol. The molecule has 1 aliphatic carbocycles. The Morgan fingerprint density at radius 3 is 2.73 bits per heavy atom. The van der Waals surface area contributed by atoms with Crippen LogP contribution in [-0.4, -0.2) is 30.1 Å². The fourth-order valence-corrected chi connectivity index (χ4v) is 2.36. The summed E-state index contributed by atoms with van der Waals surface area (Å²) in [7, 11) is 0. The summed E-state index contributed by atoms with van der Waals surface area (Å²) in [6, 6.07) is 0. The zero-order valence-corrected chi connectivity index (χ0v) is 8.70. The molecule has 0 aromatic rings. The summed E-state index contributed by atoms with van der Waals surface area (Å²) in [5, 5.41) is 9.23. The van der Waals surface area contributed by atoms with Gasteiger partial charge in [0.15, 0.2) is 5.78 Å². The molecule has 2 rings (SSSR count). The number of aliphatic carboxylic acids is 1. The molecule has 84 valence electrons. The third kappa shape index (κ3) is 1.78.